The number of para-hydroxylation sites is 1. The van der Waals surface area contributed by atoms with E-state index in [-0.39, 0.29) is 5.56 Å². The second-order valence-corrected chi connectivity index (χ2v) is 7.22. The zero-order valence-corrected chi connectivity index (χ0v) is 17.4. The van der Waals surface area contributed by atoms with E-state index in [2.05, 4.69) is 6.07 Å². The van der Waals surface area contributed by atoms with Gasteiger partial charge in [0, 0.05) is 12.1 Å². The van der Waals surface area contributed by atoms with Gasteiger partial charge in [0.25, 0.3) is 5.56 Å². The number of rotatable bonds is 6. The molecule has 0 aliphatic rings. The molecule has 0 atom stereocenters. The highest BCUT2D eigenvalue weighted by Gasteiger charge is 2.13. The predicted octanol–water partition coefficient (Wildman–Crippen LogP) is 4.63. The van der Waals surface area contributed by atoms with Gasteiger partial charge in [0.2, 0.25) is 0 Å². The molecule has 4 rings (SSSR count). The number of methoxy groups -OCH3 is 2. The minimum absolute atomic E-state index is 0.0300. The molecule has 0 spiro atoms. The Labute approximate surface area is 175 Å². The molecule has 0 saturated carbocycles. The highest BCUT2D eigenvalue weighted by Crippen LogP contribution is 2.28. The Morgan fingerprint density at radius 1 is 0.900 bits per heavy atom. The number of benzene rings is 3. The van der Waals surface area contributed by atoms with Crippen molar-refractivity contribution in [1.29, 1.82) is 0 Å². The van der Waals surface area contributed by atoms with Crippen molar-refractivity contribution < 1.29 is 9.47 Å². The van der Waals surface area contributed by atoms with Gasteiger partial charge >= 0.3 is 0 Å². The largest absolute Gasteiger partial charge is 0.493 e. The molecular weight excluding hydrogens is 376 g/mol. The van der Waals surface area contributed by atoms with Crippen LogP contribution < -0.4 is 15.0 Å². The molecule has 0 unspecified atom stereocenters. The minimum Gasteiger partial charge on any atom is -0.493 e. The Balaban J connectivity index is 1.78. The molecule has 0 aliphatic heterocycles. The third-order valence-electron chi connectivity index (χ3n) is 5.21. The summed E-state index contributed by atoms with van der Waals surface area (Å²) in [4.78, 5) is 18.2. The van der Waals surface area contributed by atoms with Crippen LogP contribution in [0.15, 0.2) is 71.5 Å². The number of hydrogen-bond donors (Lipinski definition) is 0. The maximum Gasteiger partial charge on any atom is 0.261 e. The van der Waals surface area contributed by atoms with Gasteiger partial charge in [-0.25, -0.2) is 4.98 Å². The maximum absolute atomic E-state index is 13.3. The van der Waals surface area contributed by atoms with Gasteiger partial charge in [-0.15, -0.1) is 0 Å². The van der Waals surface area contributed by atoms with Gasteiger partial charge in [-0.2, -0.15) is 0 Å². The molecule has 1 aromatic heterocycles. The summed E-state index contributed by atoms with van der Waals surface area (Å²) in [5, 5.41) is 0.626. The lowest BCUT2D eigenvalue weighted by atomic mass is 10.1. The van der Waals surface area contributed by atoms with Crippen molar-refractivity contribution in [2.24, 2.45) is 0 Å². The lowest BCUT2D eigenvalue weighted by Gasteiger charge is -2.15. The quantitative estimate of drug-likeness (QED) is 0.473. The smallest absolute Gasteiger partial charge is 0.261 e. The minimum atomic E-state index is -0.0300. The lowest BCUT2D eigenvalue weighted by Crippen LogP contribution is -2.24. The average Bonchev–Trinajstić information content (AvgIpc) is 2.78. The van der Waals surface area contributed by atoms with Crippen molar-refractivity contribution >= 4 is 10.9 Å². The molecule has 0 amide bonds. The van der Waals surface area contributed by atoms with Crippen LogP contribution in [0.5, 0.6) is 11.5 Å². The van der Waals surface area contributed by atoms with Crippen LogP contribution >= 0.6 is 0 Å². The highest BCUT2D eigenvalue weighted by atomic mass is 16.5. The van der Waals surface area contributed by atoms with E-state index in [0.717, 1.165) is 16.7 Å². The van der Waals surface area contributed by atoms with Crippen LogP contribution in [-0.2, 0) is 13.0 Å². The highest BCUT2D eigenvalue weighted by molar-refractivity contribution is 5.79. The van der Waals surface area contributed by atoms with Crippen molar-refractivity contribution in [3.05, 3.63) is 88.2 Å². The molecule has 5 nitrogen and oxygen atoms in total. The van der Waals surface area contributed by atoms with E-state index in [1.165, 1.54) is 0 Å². The standard InChI is InChI=1S/C25H24N2O3/c1-17-7-6-8-19(15-17)24-26-21-10-5-4-9-20(21)25(28)27(24)14-13-18-11-12-22(29-2)23(16-18)30-3/h4-12,15-16H,13-14H2,1-3H3. The van der Waals surface area contributed by atoms with Gasteiger partial charge in [0.15, 0.2) is 11.5 Å². The van der Waals surface area contributed by atoms with E-state index in [4.69, 9.17) is 14.5 Å². The monoisotopic (exact) mass is 400 g/mol. The fourth-order valence-corrected chi connectivity index (χ4v) is 3.66. The second kappa shape index (κ2) is 8.41. The molecule has 0 fully saturated rings. The summed E-state index contributed by atoms with van der Waals surface area (Å²) in [6.07, 6.45) is 0.666. The van der Waals surface area contributed by atoms with Crippen LogP contribution in [0.4, 0.5) is 0 Å². The van der Waals surface area contributed by atoms with Crippen molar-refractivity contribution in [2.75, 3.05) is 14.2 Å². The van der Waals surface area contributed by atoms with Gasteiger partial charge in [0.05, 0.1) is 25.1 Å². The third kappa shape index (κ3) is 3.79. The van der Waals surface area contributed by atoms with Gasteiger partial charge < -0.3 is 9.47 Å². The molecule has 0 bridgehead atoms. The van der Waals surface area contributed by atoms with E-state index in [1.807, 2.05) is 67.6 Å². The van der Waals surface area contributed by atoms with Crippen LogP contribution in [0, 0.1) is 6.92 Å². The Morgan fingerprint density at radius 2 is 1.70 bits per heavy atom. The first-order valence-corrected chi connectivity index (χ1v) is 9.88. The van der Waals surface area contributed by atoms with Crippen LogP contribution in [0.2, 0.25) is 0 Å². The molecule has 152 valence electrons. The number of hydrogen-bond acceptors (Lipinski definition) is 4. The van der Waals surface area contributed by atoms with E-state index in [1.54, 1.807) is 18.8 Å². The second-order valence-electron chi connectivity index (χ2n) is 7.22. The molecule has 4 aromatic rings. The van der Waals surface area contributed by atoms with Crippen LogP contribution in [0.25, 0.3) is 22.3 Å². The number of ether oxygens (including phenoxy) is 2. The lowest BCUT2D eigenvalue weighted by molar-refractivity contribution is 0.354. The fraction of sp³-hybridized carbons (Fsp3) is 0.200. The number of aromatic nitrogens is 2. The SMILES string of the molecule is COc1ccc(CCn2c(-c3cccc(C)c3)nc3ccccc3c2=O)cc1OC. The number of nitrogens with zero attached hydrogens (tertiary/aromatic N) is 2. The van der Waals surface area contributed by atoms with E-state index >= 15 is 0 Å². The van der Waals surface area contributed by atoms with Gasteiger partial charge in [-0.1, -0.05) is 42.0 Å². The first kappa shape index (κ1) is 19.7. The molecule has 30 heavy (non-hydrogen) atoms. The Hall–Kier alpha value is -3.60. The average molecular weight is 400 g/mol. The topological polar surface area (TPSA) is 53.4 Å². The summed E-state index contributed by atoms with van der Waals surface area (Å²) in [6.45, 7) is 2.55. The van der Waals surface area contributed by atoms with Crippen LogP contribution in [-0.4, -0.2) is 23.8 Å². The van der Waals surface area contributed by atoms with Crippen molar-refractivity contribution in [1.82, 2.24) is 9.55 Å². The summed E-state index contributed by atoms with van der Waals surface area (Å²) in [6, 6.07) is 21.4. The molecule has 0 radical (unpaired) electrons. The Kier molecular flexibility index (Phi) is 5.53. The molecule has 0 N–H and O–H groups in total. The van der Waals surface area contributed by atoms with E-state index in [9.17, 15) is 4.79 Å². The molecule has 0 saturated heterocycles. The molecule has 1 heterocycles. The maximum atomic E-state index is 13.3. The summed E-state index contributed by atoms with van der Waals surface area (Å²) in [5.41, 5.74) is 3.80. The molecular formula is C25H24N2O3. The van der Waals surface area contributed by atoms with Crippen molar-refractivity contribution in [3.8, 4) is 22.9 Å². The van der Waals surface area contributed by atoms with Crippen molar-refractivity contribution in [2.45, 2.75) is 19.9 Å². The summed E-state index contributed by atoms with van der Waals surface area (Å²) in [7, 11) is 3.24. The molecule has 3 aromatic carbocycles. The Bertz CT molecular complexity index is 1260. The third-order valence-corrected chi connectivity index (χ3v) is 5.21. The van der Waals surface area contributed by atoms with E-state index < -0.39 is 0 Å². The number of fused-ring (bicyclic) bond motifs is 1. The van der Waals surface area contributed by atoms with Gasteiger partial charge in [0.1, 0.15) is 5.82 Å². The Morgan fingerprint density at radius 3 is 2.47 bits per heavy atom. The van der Waals surface area contributed by atoms with Crippen LogP contribution in [0.3, 0.4) is 0 Å². The first-order valence-electron chi connectivity index (χ1n) is 9.88. The summed E-state index contributed by atoms with van der Waals surface area (Å²) in [5.74, 6) is 2.05. The van der Waals surface area contributed by atoms with Crippen LogP contribution in [0.1, 0.15) is 11.1 Å². The summed E-state index contributed by atoms with van der Waals surface area (Å²) < 4.78 is 12.5. The zero-order chi connectivity index (χ0) is 21.1. The molecule has 5 heteroatoms. The zero-order valence-electron chi connectivity index (χ0n) is 17.4. The predicted molar refractivity (Wildman–Crippen MR) is 119 cm³/mol. The van der Waals surface area contributed by atoms with Gasteiger partial charge in [-0.05, 0) is 49.2 Å². The summed E-state index contributed by atoms with van der Waals surface area (Å²) >= 11 is 0. The van der Waals surface area contributed by atoms with Crippen molar-refractivity contribution in [3.63, 3.8) is 0 Å². The molecule has 0 aliphatic carbocycles. The van der Waals surface area contributed by atoms with Gasteiger partial charge in [-0.3, -0.25) is 9.36 Å². The number of aryl methyl sites for hydroxylation is 2. The normalized spacial score (nSPS) is 10.9. The first-order chi connectivity index (χ1) is 14.6. The fourth-order valence-electron chi connectivity index (χ4n) is 3.66. The van der Waals surface area contributed by atoms with E-state index in [0.29, 0.717) is 41.2 Å².